The van der Waals surface area contributed by atoms with Crippen molar-refractivity contribution in [2.45, 2.75) is 128 Å². The molecule has 0 atom stereocenters. The maximum absolute atomic E-state index is 2.48. The molecule has 4 heterocycles. The van der Waals surface area contributed by atoms with E-state index in [4.69, 9.17) is 0 Å². The molecule has 0 N–H and O–H groups in total. The summed E-state index contributed by atoms with van der Waals surface area (Å²) in [4.78, 5) is 0. The number of nitrogens with zero attached hydrogens (tertiary/aromatic N) is 4. The molecule has 4 aliphatic rings. The maximum atomic E-state index is 2.48. The van der Waals surface area contributed by atoms with E-state index >= 15 is 0 Å². The fourth-order valence-electron chi connectivity index (χ4n) is 16.4. The molecule has 0 saturated carbocycles. The van der Waals surface area contributed by atoms with Crippen molar-refractivity contribution in [3.05, 3.63) is 287 Å². The molecular weight excluding hydrogens is 1170 g/mol. The zero-order valence-electron chi connectivity index (χ0n) is 58.4. The summed E-state index contributed by atoms with van der Waals surface area (Å²) in [5.74, 6) is 0. The van der Waals surface area contributed by atoms with Crippen LogP contribution in [0.1, 0.15) is 120 Å². The molecule has 4 nitrogen and oxygen atoms in total. The number of fused-ring (bicyclic) bond motifs is 28. The molecular formula is C91H88B2N4. The van der Waals surface area contributed by atoms with Crippen LogP contribution in [-0.2, 0) is 51.9 Å². The molecule has 0 fully saturated rings. The predicted molar refractivity (Wildman–Crippen MR) is 424 cm³/mol. The van der Waals surface area contributed by atoms with Crippen LogP contribution in [0.2, 0.25) is 0 Å². The van der Waals surface area contributed by atoms with Crippen LogP contribution < -0.4 is 0 Å². The molecule has 4 aliphatic carbocycles. The topological polar surface area (TPSA) is 19.7 Å². The van der Waals surface area contributed by atoms with Crippen LogP contribution in [0.15, 0.2) is 243 Å². The first kappa shape index (κ1) is 67.0. The van der Waals surface area contributed by atoms with E-state index in [2.05, 4.69) is 302 Å². The summed E-state index contributed by atoms with van der Waals surface area (Å²) < 4.78 is 9.91. The van der Waals surface area contributed by atoms with Crippen LogP contribution in [0.3, 0.4) is 0 Å². The molecule has 478 valence electrons. The molecule has 6 radical (unpaired) electrons. The zero-order valence-corrected chi connectivity index (χ0v) is 58.4. The summed E-state index contributed by atoms with van der Waals surface area (Å²) >= 11 is 0. The molecule has 0 bridgehead atoms. The Hall–Kier alpha value is -10.0. The molecule has 6 heteroatoms. The van der Waals surface area contributed by atoms with E-state index in [1.54, 1.807) is 0 Å². The van der Waals surface area contributed by atoms with E-state index in [1.807, 2.05) is 27.7 Å². The van der Waals surface area contributed by atoms with Gasteiger partial charge in [-0.2, -0.15) is 0 Å². The Morgan fingerprint density at radius 2 is 0.402 bits per heavy atom. The van der Waals surface area contributed by atoms with Gasteiger partial charge in [-0.1, -0.05) is 266 Å². The van der Waals surface area contributed by atoms with E-state index in [1.165, 1.54) is 183 Å². The van der Waals surface area contributed by atoms with Gasteiger partial charge in [-0.3, -0.25) is 0 Å². The van der Waals surface area contributed by atoms with Gasteiger partial charge in [0.15, 0.2) is 0 Å². The lowest BCUT2D eigenvalue weighted by atomic mass is 10.0. The Kier molecular flexibility index (Phi) is 19.8. The lowest BCUT2D eigenvalue weighted by molar-refractivity contribution is 0.827. The summed E-state index contributed by atoms with van der Waals surface area (Å²) in [6.07, 6.45) is 5.50. The number of benzene rings is 12. The third kappa shape index (κ3) is 11.1. The summed E-state index contributed by atoms with van der Waals surface area (Å²) in [6.45, 7) is 25.2. The highest BCUT2D eigenvalue weighted by molar-refractivity contribution is 6.18. The van der Waals surface area contributed by atoms with Crippen LogP contribution in [0.4, 0.5) is 0 Å². The minimum atomic E-state index is 0. The monoisotopic (exact) mass is 1260 g/mol. The molecule has 4 aromatic heterocycles. The summed E-state index contributed by atoms with van der Waals surface area (Å²) in [7, 11) is 0. The van der Waals surface area contributed by atoms with Gasteiger partial charge >= 0.3 is 0 Å². The minimum absolute atomic E-state index is 0. The van der Waals surface area contributed by atoms with Crippen molar-refractivity contribution >= 4 is 104 Å². The van der Waals surface area contributed by atoms with Crippen molar-refractivity contribution in [2.75, 3.05) is 0 Å². The zero-order chi connectivity index (χ0) is 65.4. The fourth-order valence-corrected chi connectivity index (χ4v) is 16.4. The Morgan fingerprint density at radius 1 is 0.216 bits per heavy atom. The van der Waals surface area contributed by atoms with Gasteiger partial charge in [0.25, 0.3) is 0 Å². The fraction of sp³-hybridized carbons (Fsp3) is 0.209. The second-order valence-electron chi connectivity index (χ2n) is 25.1. The van der Waals surface area contributed by atoms with E-state index in [-0.39, 0.29) is 16.8 Å². The molecule has 0 aliphatic heterocycles. The second-order valence-corrected chi connectivity index (χ2v) is 25.1. The Bertz CT molecular complexity index is 4870. The number of rotatable bonds is 4. The summed E-state index contributed by atoms with van der Waals surface area (Å²) in [6, 6.07) is 89.0. The number of hydrogen-bond donors (Lipinski definition) is 0. The van der Waals surface area contributed by atoms with E-state index < -0.39 is 0 Å². The van der Waals surface area contributed by atoms with Crippen molar-refractivity contribution in [2.24, 2.45) is 0 Å². The lowest BCUT2D eigenvalue weighted by Crippen LogP contribution is -1.95. The van der Waals surface area contributed by atoms with E-state index in [9.17, 15) is 0 Å². The van der Waals surface area contributed by atoms with Crippen molar-refractivity contribution < 1.29 is 0 Å². The van der Waals surface area contributed by atoms with Gasteiger partial charge in [-0.05, 0) is 144 Å². The number of hydrogen-bond acceptors (Lipinski definition) is 0. The Morgan fingerprint density at radius 3 is 0.608 bits per heavy atom. The summed E-state index contributed by atoms with van der Waals surface area (Å²) in [5.41, 5.74) is 34.2. The highest BCUT2D eigenvalue weighted by Crippen LogP contribution is 2.49. The largest absolute Gasteiger partial charge is 0.340 e. The van der Waals surface area contributed by atoms with Crippen molar-refractivity contribution in [3.8, 4) is 44.5 Å². The van der Waals surface area contributed by atoms with E-state index in [0.29, 0.717) is 0 Å². The Balaban J connectivity index is 0.000000119. The quantitative estimate of drug-likeness (QED) is 0.157. The van der Waals surface area contributed by atoms with Gasteiger partial charge in [-0.25, -0.2) is 0 Å². The number of para-hydroxylation sites is 4. The van der Waals surface area contributed by atoms with Gasteiger partial charge < -0.3 is 18.3 Å². The first-order chi connectivity index (χ1) is 46.9. The van der Waals surface area contributed by atoms with Gasteiger partial charge in [0.05, 0.1) is 22.1 Å². The van der Waals surface area contributed by atoms with Crippen molar-refractivity contribution in [1.82, 2.24) is 18.3 Å². The molecule has 12 aromatic carbocycles. The normalized spacial score (nSPS) is 11.9. The third-order valence-corrected chi connectivity index (χ3v) is 20.0. The SMILES string of the molecule is CC.CC.CCC.CCn1c2ccccc2c2ccc3c(c21)-c1ccccc1C3.CCn1c2ccccc2c2ccc3c(c21)-c1ccccc1C3.CCn1c2ccccc2c2ccc3c(c21)-c1ccccc1C3.CCn1c2ccccc2c2ccc3c(c21)-c1ccccc1C3.[B].[B]. The molecule has 97 heavy (non-hydrogen) atoms. The average molecular weight is 1260 g/mol. The Labute approximate surface area is 578 Å². The molecule has 0 amide bonds. The molecule has 0 spiro atoms. The highest BCUT2D eigenvalue weighted by atomic mass is 15.0. The van der Waals surface area contributed by atoms with Crippen LogP contribution in [0.25, 0.3) is 132 Å². The smallest absolute Gasteiger partial charge is 0.0573 e. The number of aromatic nitrogens is 4. The molecule has 0 saturated heterocycles. The van der Waals surface area contributed by atoms with E-state index in [0.717, 1.165) is 51.9 Å². The lowest BCUT2D eigenvalue weighted by Gasteiger charge is -2.09. The second kappa shape index (κ2) is 28.7. The number of aryl methyl sites for hydroxylation is 4. The first-order valence-electron chi connectivity index (χ1n) is 35.4. The minimum Gasteiger partial charge on any atom is -0.340 e. The van der Waals surface area contributed by atoms with Gasteiger partial charge in [0.2, 0.25) is 0 Å². The van der Waals surface area contributed by atoms with Crippen LogP contribution in [-0.4, -0.2) is 35.1 Å². The van der Waals surface area contributed by atoms with Gasteiger partial charge in [0.1, 0.15) is 0 Å². The van der Waals surface area contributed by atoms with Crippen molar-refractivity contribution in [3.63, 3.8) is 0 Å². The highest BCUT2D eigenvalue weighted by Gasteiger charge is 2.28. The van der Waals surface area contributed by atoms with Gasteiger partial charge in [-0.15, -0.1) is 0 Å². The van der Waals surface area contributed by atoms with Gasteiger partial charge in [0, 0.05) is 130 Å². The maximum Gasteiger partial charge on any atom is 0.0573 e. The van der Waals surface area contributed by atoms with Crippen molar-refractivity contribution in [1.29, 1.82) is 0 Å². The van der Waals surface area contributed by atoms with Crippen LogP contribution >= 0.6 is 0 Å². The predicted octanol–water partition coefficient (Wildman–Crippen LogP) is 24.2. The van der Waals surface area contributed by atoms with Crippen LogP contribution in [0, 0.1) is 0 Å². The first-order valence-corrected chi connectivity index (χ1v) is 35.4. The molecule has 16 aromatic rings. The summed E-state index contributed by atoms with van der Waals surface area (Å²) in [5, 5.41) is 11.0. The molecule has 20 rings (SSSR count). The molecule has 0 unspecified atom stereocenters. The third-order valence-electron chi connectivity index (χ3n) is 20.0. The average Bonchev–Trinajstić information content (AvgIpc) is 1.60. The standard InChI is InChI=1S/4C21H17N.C3H8.2C2H6.2B/c4*1-2-22-19-10-6-5-9-17(19)18-12-11-15-13-14-7-3-4-8-16(14)20(15)21(18)22;1-3-2;2*1-2;;/h4*3-12H,2,13H2,1H3;3H2,1-2H3;2*1-2H3;;. The van der Waals surface area contributed by atoms with Crippen LogP contribution in [0.5, 0.6) is 0 Å².